The Labute approximate surface area is 131 Å². The van der Waals surface area contributed by atoms with Crippen LogP contribution in [0.1, 0.15) is 22.4 Å². The van der Waals surface area contributed by atoms with Crippen LogP contribution in [0.3, 0.4) is 0 Å². The SMILES string of the molecule is Cc1cccc(NC(=O)CN(C)Cc2cn(C)nc2C)c1C. The summed E-state index contributed by atoms with van der Waals surface area (Å²) >= 11 is 0. The van der Waals surface area contributed by atoms with Crippen molar-refractivity contribution in [2.24, 2.45) is 7.05 Å². The Balaban J connectivity index is 1.94. The Bertz CT molecular complexity index is 675. The lowest BCUT2D eigenvalue weighted by Gasteiger charge is -2.17. The van der Waals surface area contributed by atoms with Crippen molar-refractivity contribution in [1.82, 2.24) is 14.7 Å². The molecule has 0 spiro atoms. The first-order valence-corrected chi connectivity index (χ1v) is 7.40. The maximum absolute atomic E-state index is 12.2. The quantitative estimate of drug-likeness (QED) is 0.922. The van der Waals surface area contributed by atoms with Crippen molar-refractivity contribution in [2.75, 3.05) is 18.9 Å². The number of anilines is 1. The van der Waals surface area contributed by atoms with Gasteiger partial charge in [0.05, 0.1) is 12.2 Å². The Kier molecular flexibility index (Phi) is 4.98. The summed E-state index contributed by atoms with van der Waals surface area (Å²) in [6.45, 7) is 7.11. The normalized spacial score (nSPS) is 11.0. The van der Waals surface area contributed by atoms with E-state index in [1.165, 1.54) is 5.56 Å². The van der Waals surface area contributed by atoms with Gasteiger partial charge in [-0.3, -0.25) is 14.4 Å². The minimum atomic E-state index is -0.00209. The van der Waals surface area contributed by atoms with Gasteiger partial charge in [0.25, 0.3) is 0 Å². The Morgan fingerprint density at radius 3 is 2.68 bits per heavy atom. The molecule has 5 nitrogen and oxygen atoms in total. The van der Waals surface area contributed by atoms with Gasteiger partial charge in [0.1, 0.15) is 0 Å². The van der Waals surface area contributed by atoms with Crippen molar-refractivity contribution in [3.05, 3.63) is 46.8 Å². The summed E-state index contributed by atoms with van der Waals surface area (Å²) in [7, 11) is 3.85. The molecule has 0 aliphatic rings. The third kappa shape index (κ3) is 3.95. The van der Waals surface area contributed by atoms with E-state index < -0.39 is 0 Å². The van der Waals surface area contributed by atoms with Gasteiger partial charge in [-0.1, -0.05) is 12.1 Å². The van der Waals surface area contributed by atoms with E-state index in [4.69, 9.17) is 0 Å². The Hall–Kier alpha value is -2.14. The molecule has 0 unspecified atom stereocenters. The monoisotopic (exact) mass is 300 g/mol. The largest absolute Gasteiger partial charge is 0.325 e. The highest BCUT2D eigenvalue weighted by Gasteiger charge is 2.11. The Morgan fingerprint density at radius 1 is 1.32 bits per heavy atom. The summed E-state index contributed by atoms with van der Waals surface area (Å²) in [5.41, 5.74) is 5.32. The van der Waals surface area contributed by atoms with Crippen LogP contribution in [0.25, 0.3) is 0 Å². The van der Waals surface area contributed by atoms with E-state index in [1.807, 2.05) is 64.2 Å². The Morgan fingerprint density at radius 2 is 2.05 bits per heavy atom. The molecule has 1 heterocycles. The third-order valence-electron chi connectivity index (χ3n) is 3.85. The number of carbonyl (C=O) groups excluding carboxylic acids is 1. The van der Waals surface area contributed by atoms with E-state index in [-0.39, 0.29) is 5.91 Å². The molecule has 2 rings (SSSR count). The number of nitrogens with one attached hydrogen (secondary N) is 1. The van der Waals surface area contributed by atoms with E-state index >= 15 is 0 Å². The lowest BCUT2D eigenvalue weighted by Crippen LogP contribution is -2.30. The molecule has 2 aromatic rings. The molecule has 0 saturated heterocycles. The van der Waals surface area contributed by atoms with Gasteiger partial charge in [-0.05, 0) is 45.0 Å². The van der Waals surface area contributed by atoms with Gasteiger partial charge in [0.2, 0.25) is 5.91 Å². The molecule has 0 aliphatic carbocycles. The first kappa shape index (κ1) is 16.2. The average Bonchev–Trinajstić information content (AvgIpc) is 2.73. The zero-order valence-corrected chi connectivity index (χ0v) is 14.0. The minimum absolute atomic E-state index is 0.00209. The van der Waals surface area contributed by atoms with Crippen molar-refractivity contribution in [3.63, 3.8) is 0 Å². The predicted octanol–water partition coefficient (Wildman–Crippen LogP) is 2.42. The average molecular weight is 300 g/mol. The van der Waals surface area contributed by atoms with Crippen LogP contribution in [0.5, 0.6) is 0 Å². The van der Waals surface area contributed by atoms with E-state index in [0.717, 1.165) is 22.5 Å². The van der Waals surface area contributed by atoms with Gasteiger partial charge in [-0.15, -0.1) is 0 Å². The van der Waals surface area contributed by atoms with E-state index in [2.05, 4.69) is 10.4 Å². The molecule has 0 atom stereocenters. The van der Waals surface area contributed by atoms with Crippen LogP contribution in [0.4, 0.5) is 5.69 Å². The van der Waals surface area contributed by atoms with Gasteiger partial charge < -0.3 is 5.32 Å². The molecular weight excluding hydrogens is 276 g/mol. The van der Waals surface area contributed by atoms with Crippen LogP contribution >= 0.6 is 0 Å². The fraction of sp³-hybridized carbons (Fsp3) is 0.412. The molecule has 1 aromatic carbocycles. The summed E-state index contributed by atoms with van der Waals surface area (Å²) in [5, 5.41) is 7.31. The van der Waals surface area contributed by atoms with Crippen LogP contribution in [0, 0.1) is 20.8 Å². The van der Waals surface area contributed by atoms with Crippen molar-refractivity contribution in [1.29, 1.82) is 0 Å². The zero-order valence-electron chi connectivity index (χ0n) is 14.0. The first-order valence-electron chi connectivity index (χ1n) is 7.40. The maximum atomic E-state index is 12.2. The molecule has 1 amide bonds. The van der Waals surface area contributed by atoms with Crippen molar-refractivity contribution >= 4 is 11.6 Å². The number of nitrogens with zero attached hydrogens (tertiary/aromatic N) is 3. The fourth-order valence-electron chi connectivity index (χ4n) is 2.47. The van der Waals surface area contributed by atoms with Crippen LogP contribution in [0.15, 0.2) is 24.4 Å². The second-order valence-electron chi connectivity index (χ2n) is 5.88. The number of benzene rings is 1. The van der Waals surface area contributed by atoms with Gasteiger partial charge in [-0.2, -0.15) is 5.10 Å². The van der Waals surface area contributed by atoms with Crippen LogP contribution < -0.4 is 5.32 Å². The highest BCUT2D eigenvalue weighted by Crippen LogP contribution is 2.18. The van der Waals surface area contributed by atoms with E-state index in [1.54, 1.807) is 4.68 Å². The topological polar surface area (TPSA) is 50.2 Å². The van der Waals surface area contributed by atoms with Gasteiger partial charge in [0.15, 0.2) is 0 Å². The van der Waals surface area contributed by atoms with Gasteiger partial charge in [-0.25, -0.2) is 0 Å². The number of likely N-dealkylation sites (N-methyl/N-ethyl adjacent to an activating group) is 1. The van der Waals surface area contributed by atoms with Crippen molar-refractivity contribution < 1.29 is 4.79 Å². The molecule has 0 fully saturated rings. The highest BCUT2D eigenvalue weighted by atomic mass is 16.2. The lowest BCUT2D eigenvalue weighted by molar-refractivity contribution is -0.117. The maximum Gasteiger partial charge on any atom is 0.238 e. The molecule has 22 heavy (non-hydrogen) atoms. The zero-order chi connectivity index (χ0) is 16.3. The van der Waals surface area contributed by atoms with Crippen molar-refractivity contribution in [3.8, 4) is 0 Å². The molecular formula is C17H24N4O. The molecule has 0 radical (unpaired) electrons. The van der Waals surface area contributed by atoms with E-state index in [0.29, 0.717) is 13.1 Å². The molecule has 0 aliphatic heterocycles. The molecule has 118 valence electrons. The van der Waals surface area contributed by atoms with Gasteiger partial charge in [0, 0.05) is 31.0 Å². The summed E-state index contributed by atoms with van der Waals surface area (Å²) < 4.78 is 1.80. The third-order valence-corrected chi connectivity index (χ3v) is 3.85. The molecule has 0 saturated carbocycles. The van der Waals surface area contributed by atoms with Crippen LogP contribution in [0.2, 0.25) is 0 Å². The fourth-order valence-corrected chi connectivity index (χ4v) is 2.47. The smallest absolute Gasteiger partial charge is 0.238 e. The van der Waals surface area contributed by atoms with E-state index in [9.17, 15) is 4.79 Å². The van der Waals surface area contributed by atoms with Crippen LogP contribution in [-0.4, -0.2) is 34.2 Å². The summed E-state index contributed by atoms with van der Waals surface area (Å²) in [6, 6.07) is 5.94. The molecule has 1 N–H and O–H groups in total. The van der Waals surface area contributed by atoms with Gasteiger partial charge >= 0.3 is 0 Å². The number of aryl methyl sites for hydroxylation is 3. The van der Waals surface area contributed by atoms with Crippen molar-refractivity contribution in [2.45, 2.75) is 27.3 Å². The second-order valence-corrected chi connectivity index (χ2v) is 5.88. The summed E-state index contributed by atoms with van der Waals surface area (Å²) in [6.07, 6.45) is 1.99. The lowest BCUT2D eigenvalue weighted by atomic mass is 10.1. The minimum Gasteiger partial charge on any atom is -0.325 e. The molecule has 1 aromatic heterocycles. The van der Waals surface area contributed by atoms with Crippen LogP contribution in [-0.2, 0) is 18.4 Å². The number of carbonyl (C=O) groups is 1. The second kappa shape index (κ2) is 6.75. The standard InChI is InChI=1S/C17H24N4O/c1-12-7-6-8-16(13(12)2)18-17(22)11-20(4)9-15-10-21(5)19-14(15)3/h6-8,10H,9,11H2,1-5H3,(H,18,22). The first-order chi connectivity index (χ1) is 10.4. The molecule has 5 heteroatoms. The number of aromatic nitrogens is 2. The summed E-state index contributed by atoms with van der Waals surface area (Å²) in [4.78, 5) is 14.2. The number of amides is 1. The highest BCUT2D eigenvalue weighted by molar-refractivity contribution is 5.93. The number of hydrogen-bond donors (Lipinski definition) is 1. The number of rotatable bonds is 5. The predicted molar refractivity (Wildman–Crippen MR) is 88.8 cm³/mol. The molecule has 0 bridgehead atoms. The number of hydrogen-bond acceptors (Lipinski definition) is 3. The summed E-state index contributed by atoms with van der Waals surface area (Å²) in [5.74, 6) is -0.00209.